The Labute approximate surface area is 111 Å². The molecule has 0 saturated carbocycles. The van der Waals surface area contributed by atoms with E-state index in [4.69, 9.17) is 5.73 Å². The highest BCUT2D eigenvalue weighted by Gasteiger charge is 2.13. The van der Waals surface area contributed by atoms with Crippen molar-refractivity contribution < 1.29 is 13.2 Å². The van der Waals surface area contributed by atoms with Gasteiger partial charge in [0, 0.05) is 17.5 Å². The van der Waals surface area contributed by atoms with Gasteiger partial charge in [-0.1, -0.05) is 0 Å². The lowest BCUT2D eigenvalue weighted by Crippen LogP contribution is -2.01. The molecule has 0 fully saturated rings. The van der Waals surface area contributed by atoms with Crippen LogP contribution in [0.3, 0.4) is 0 Å². The standard InChI is InChI=1S/C13H9F3N4/c14-7-2-8(15)13(9(16)3-7)19-12-4-11-6(1-10(12)17)5-18-20-11/h1-5,19H,17H2,(H,18,20). The second-order valence-corrected chi connectivity index (χ2v) is 4.27. The molecule has 4 N–H and O–H groups in total. The van der Waals surface area contributed by atoms with E-state index in [2.05, 4.69) is 15.5 Å². The van der Waals surface area contributed by atoms with Crippen molar-refractivity contribution in [2.45, 2.75) is 0 Å². The molecule has 1 aromatic heterocycles. The van der Waals surface area contributed by atoms with Crippen molar-refractivity contribution in [2.75, 3.05) is 11.1 Å². The van der Waals surface area contributed by atoms with Gasteiger partial charge >= 0.3 is 0 Å². The van der Waals surface area contributed by atoms with Gasteiger partial charge < -0.3 is 11.1 Å². The van der Waals surface area contributed by atoms with E-state index in [-0.39, 0.29) is 0 Å². The molecular weight excluding hydrogens is 269 g/mol. The van der Waals surface area contributed by atoms with E-state index in [1.165, 1.54) is 0 Å². The maximum atomic E-state index is 13.6. The predicted molar refractivity (Wildman–Crippen MR) is 70.1 cm³/mol. The fraction of sp³-hybridized carbons (Fsp3) is 0. The predicted octanol–water partition coefficient (Wildman–Crippen LogP) is 3.31. The number of aromatic amines is 1. The van der Waals surface area contributed by atoms with Crippen LogP contribution < -0.4 is 11.1 Å². The summed E-state index contributed by atoms with van der Waals surface area (Å²) in [7, 11) is 0. The van der Waals surface area contributed by atoms with Crippen molar-refractivity contribution in [1.82, 2.24) is 10.2 Å². The van der Waals surface area contributed by atoms with Gasteiger partial charge in [-0.2, -0.15) is 5.10 Å². The van der Waals surface area contributed by atoms with Crippen LogP contribution in [0.1, 0.15) is 0 Å². The number of halogens is 3. The van der Waals surface area contributed by atoms with Gasteiger partial charge in [0.1, 0.15) is 11.5 Å². The van der Waals surface area contributed by atoms with Gasteiger partial charge in [0.15, 0.2) is 11.6 Å². The average molecular weight is 278 g/mol. The van der Waals surface area contributed by atoms with Crippen LogP contribution in [0.5, 0.6) is 0 Å². The van der Waals surface area contributed by atoms with Crippen LogP contribution in [-0.2, 0) is 0 Å². The smallest absolute Gasteiger partial charge is 0.152 e. The highest BCUT2D eigenvalue weighted by molar-refractivity contribution is 5.90. The first-order valence-electron chi connectivity index (χ1n) is 5.69. The van der Waals surface area contributed by atoms with Crippen molar-refractivity contribution in [3.8, 4) is 0 Å². The van der Waals surface area contributed by atoms with Crippen LogP contribution >= 0.6 is 0 Å². The van der Waals surface area contributed by atoms with Crippen LogP contribution in [0.25, 0.3) is 10.9 Å². The molecule has 0 atom stereocenters. The lowest BCUT2D eigenvalue weighted by molar-refractivity contribution is 0.549. The van der Waals surface area contributed by atoms with E-state index >= 15 is 0 Å². The summed E-state index contributed by atoms with van der Waals surface area (Å²) in [5.74, 6) is -3.05. The third-order valence-corrected chi connectivity index (χ3v) is 2.88. The van der Waals surface area contributed by atoms with Crippen LogP contribution in [0.4, 0.5) is 30.2 Å². The van der Waals surface area contributed by atoms with Crippen molar-refractivity contribution in [2.24, 2.45) is 0 Å². The van der Waals surface area contributed by atoms with Crippen molar-refractivity contribution in [1.29, 1.82) is 0 Å². The Bertz CT molecular complexity index is 774. The fourth-order valence-corrected chi connectivity index (χ4v) is 1.91. The number of benzene rings is 2. The molecule has 0 saturated heterocycles. The third kappa shape index (κ3) is 2.03. The lowest BCUT2D eigenvalue weighted by Gasteiger charge is -2.11. The second kappa shape index (κ2) is 4.44. The molecular formula is C13H9F3N4. The van der Waals surface area contributed by atoms with Gasteiger partial charge in [-0.25, -0.2) is 13.2 Å². The Balaban J connectivity index is 2.07. The highest BCUT2D eigenvalue weighted by Crippen LogP contribution is 2.30. The van der Waals surface area contributed by atoms with Gasteiger partial charge in [0.05, 0.1) is 23.1 Å². The number of rotatable bonds is 2. The van der Waals surface area contributed by atoms with Gasteiger partial charge in [-0.15, -0.1) is 0 Å². The van der Waals surface area contributed by atoms with Crippen LogP contribution in [0.15, 0.2) is 30.5 Å². The Morgan fingerprint density at radius 2 is 1.75 bits per heavy atom. The number of nitrogens with one attached hydrogen (secondary N) is 2. The zero-order valence-electron chi connectivity index (χ0n) is 10.0. The monoisotopic (exact) mass is 278 g/mol. The number of aromatic nitrogens is 2. The van der Waals surface area contributed by atoms with Gasteiger partial charge in [-0.05, 0) is 12.1 Å². The van der Waals surface area contributed by atoms with Crippen LogP contribution in [0.2, 0.25) is 0 Å². The fourth-order valence-electron chi connectivity index (χ4n) is 1.91. The minimum Gasteiger partial charge on any atom is -0.397 e. The number of hydrogen-bond donors (Lipinski definition) is 3. The van der Waals surface area contributed by atoms with E-state index in [1.807, 2.05) is 0 Å². The zero-order chi connectivity index (χ0) is 14.3. The zero-order valence-corrected chi connectivity index (χ0v) is 10.0. The van der Waals surface area contributed by atoms with Crippen molar-refractivity contribution in [3.05, 3.63) is 47.9 Å². The first-order chi connectivity index (χ1) is 9.54. The summed E-state index contributed by atoms with van der Waals surface area (Å²) in [6, 6.07) is 4.37. The molecule has 20 heavy (non-hydrogen) atoms. The SMILES string of the molecule is Nc1cc2cn[nH]c2cc1Nc1c(F)cc(F)cc1F. The van der Waals surface area contributed by atoms with Crippen molar-refractivity contribution in [3.63, 3.8) is 0 Å². The van der Waals surface area contributed by atoms with Crippen LogP contribution in [-0.4, -0.2) is 10.2 Å². The van der Waals surface area contributed by atoms with Gasteiger partial charge in [0.2, 0.25) is 0 Å². The molecule has 3 rings (SSSR count). The molecule has 0 aliphatic heterocycles. The minimum atomic E-state index is -1.04. The number of fused-ring (bicyclic) bond motifs is 1. The number of nitrogens with zero attached hydrogens (tertiary/aromatic N) is 1. The largest absolute Gasteiger partial charge is 0.397 e. The Morgan fingerprint density at radius 3 is 2.45 bits per heavy atom. The van der Waals surface area contributed by atoms with E-state index in [0.717, 1.165) is 5.39 Å². The first-order valence-corrected chi connectivity index (χ1v) is 5.69. The highest BCUT2D eigenvalue weighted by atomic mass is 19.1. The van der Waals surface area contributed by atoms with E-state index in [9.17, 15) is 13.2 Å². The van der Waals surface area contributed by atoms with Crippen LogP contribution in [0, 0.1) is 17.5 Å². The number of nitrogen functional groups attached to an aromatic ring is 1. The number of hydrogen-bond acceptors (Lipinski definition) is 3. The summed E-state index contributed by atoms with van der Waals surface area (Å²) in [5, 5.41) is 9.85. The van der Waals surface area contributed by atoms with Gasteiger partial charge in [-0.3, -0.25) is 5.10 Å². The normalized spacial score (nSPS) is 10.9. The van der Waals surface area contributed by atoms with Crippen molar-refractivity contribution >= 4 is 28.0 Å². The molecule has 0 unspecified atom stereocenters. The molecule has 0 spiro atoms. The quantitative estimate of drug-likeness (QED) is 0.630. The summed E-state index contributed by atoms with van der Waals surface area (Å²) in [6.07, 6.45) is 1.58. The van der Waals surface area contributed by atoms with E-state index in [1.54, 1.807) is 18.3 Å². The summed E-state index contributed by atoms with van der Waals surface area (Å²) >= 11 is 0. The van der Waals surface area contributed by atoms with E-state index < -0.39 is 23.1 Å². The molecule has 2 aromatic carbocycles. The molecule has 1 heterocycles. The maximum Gasteiger partial charge on any atom is 0.152 e. The molecule has 0 bridgehead atoms. The number of H-pyrrole nitrogens is 1. The topological polar surface area (TPSA) is 66.7 Å². The molecule has 0 amide bonds. The Morgan fingerprint density at radius 1 is 1.05 bits per heavy atom. The summed E-state index contributed by atoms with van der Waals surface area (Å²) in [5.41, 5.74) is 6.59. The lowest BCUT2D eigenvalue weighted by atomic mass is 10.2. The maximum absolute atomic E-state index is 13.6. The second-order valence-electron chi connectivity index (χ2n) is 4.27. The van der Waals surface area contributed by atoms with Gasteiger partial charge in [0.25, 0.3) is 0 Å². The molecule has 0 aliphatic carbocycles. The average Bonchev–Trinajstić information content (AvgIpc) is 2.80. The Hall–Kier alpha value is -2.70. The number of anilines is 3. The molecule has 4 nitrogen and oxygen atoms in total. The first kappa shape index (κ1) is 12.3. The molecule has 7 heteroatoms. The molecule has 0 aliphatic rings. The molecule has 0 radical (unpaired) electrons. The minimum absolute atomic E-state index is 0.294. The third-order valence-electron chi connectivity index (χ3n) is 2.88. The summed E-state index contributed by atoms with van der Waals surface area (Å²) in [6.45, 7) is 0. The van der Waals surface area contributed by atoms with E-state index in [0.29, 0.717) is 29.0 Å². The number of nitrogens with two attached hydrogens (primary N) is 1. The Kier molecular flexibility index (Phi) is 2.74. The summed E-state index contributed by atoms with van der Waals surface area (Å²) < 4.78 is 40.0. The molecule has 3 aromatic rings. The summed E-state index contributed by atoms with van der Waals surface area (Å²) in [4.78, 5) is 0. The molecule has 102 valence electrons.